The minimum Gasteiger partial charge on any atom is -0.504 e. The van der Waals surface area contributed by atoms with E-state index in [4.69, 9.17) is 9.47 Å². The van der Waals surface area contributed by atoms with Crippen molar-refractivity contribution in [2.24, 2.45) is 0 Å². The summed E-state index contributed by atoms with van der Waals surface area (Å²) in [4.78, 5) is 12.3. The van der Waals surface area contributed by atoms with Gasteiger partial charge in [0.15, 0.2) is 17.3 Å². The number of aryl methyl sites for hydroxylation is 1. The molecule has 0 aliphatic rings. The van der Waals surface area contributed by atoms with Gasteiger partial charge in [-0.25, -0.2) is 0 Å². The van der Waals surface area contributed by atoms with Gasteiger partial charge in [-0.2, -0.15) is 0 Å². The molecule has 4 heteroatoms. The van der Waals surface area contributed by atoms with Gasteiger partial charge in [0.1, 0.15) is 5.75 Å². The smallest absolute Gasteiger partial charge is 0.189 e. The highest BCUT2D eigenvalue weighted by Gasteiger charge is 2.09. The number of hydrogen-bond donors (Lipinski definition) is 1. The fraction of sp³-hybridized carbons (Fsp3) is 0.167. The van der Waals surface area contributed by atoms with Crippen LogP contribution in [0.25, 0.3) is 6.08 Å². The number of benzene rings is 2. The zero-order chi connectivity index (χ0) is 16.1. The Morgan fingerprint density at radius 3 is 2.36 bits per heavy atom. The molecule has 0 bridgehead atoms. The van der Waals surface area contributed by atoms with Crippen molar-refractivity contribution in [1.29, 1.82) is 0 Å². The van der Waals surface area contributed by atoms with Crippen LogP contribution in [0.5, 0.6) is 17.2 Å². The predicted octanol–water partition coefficient (Wildman–Crippen LogP) is 3.61. The lowest BCUT2D eigenvalue weighted by atomic mass is 10.1. The van der Waals surface area contributed by atoms with Crippen LogP contribution >= 0.6 is 0 Å². The molecule has 2 rings (SSSR count). The molecule has 0 saturated carbocycles. The minimum absolute atomic E-state index is 0.0326. The Morgan fingerprint density at radius 1 is 1.05 bits per heavy atom. The van der Waals surface area contributed by atoms with Gasteiger partial charge in [0.25, 0.3) is 0 Å². The average Bonchev–Trinajstić information content (AvgIpc) is 2.52. The van der Waals surface area contributed by atoms with Crippen LogP contribution in [0.3, 0.4) is 0 Å². The van der Waals surface area contributed by atoms with Gasteiger partial charge in [-0.1, -0.05) is 23.8 Å². The summed E-state index contributed by atoms with van der Waals surface area (Å²) in [6, 6.07) is 10.4. The molecule has 0 spiro atoms. The highest BCUT2D eigenvalue weighted by molar-refractivity contribution is 6.08. The largest absolute Gasteiger partial charge is 0.504 e. The second-order valence-corrected chi connectivity index (χ2v) is 4.83. The van der Waals surface area contributed by atoms with E-state index < -0.39 is 0 Å². The van der Waals surface area contributed by atoms with Crippen molar-refractivity contribution in [2.75, 3.05) is 14.2 Å². The van der Waals surface area contributed by atoms with Gasteiger partial charge in [0, 0.05) is 0 Å². The number of hydrogen-bond acceptors (Lipinski definition) is 4. The zero-order valence-corrected chi connectivity index (χ0v) is 12.8. The first-order chi connectivity index (χ1) is 10.5. The number of aromatic hydroxyl groups is 1. The standard InChI is InChI=1S/C18H18O4/c1-12-4-8-17(21-2)14(10-12)15(19)7-5-13-6-9-18(22-3)16(20)11-13/h4-11,20H,1-3H3/b7-5+. The van der Waals surface area contributed by atoms with Gasteiger partial charge in [0.2, 0.25) is 0 Å². The van der Waals surface area contributed by atoms with E-state index in [0.29, 0.717) is 22.6 Å². The SMILES string of the molecule is COc1ccc(/C=C/C(=O)c2cc(C)ccc2OC)cc1O. The van der Waals surface area contributed by atoms with E-state index >= 15 is 0 Å². The third kappa shape index (κ3) is 3.47. The lowest BCUT2D eigenvalue weighted by molar-refractivity contribution is 0.104. The van der Waals surface area contributed by atoms with Crippen LogP contribution in [-0.4, -0.2) is 25.1 Å². The average molecular weight is 298 g/mol. The Morgan fingerprint density at radius 2 is 1.73 bits per heavy atom. The number of carbonyl (C=O) groups is 1. The van der Waals surface area contributed by atoms with E-state index in [1.807, 2.05) is 13.0 Å². The molecule has 0 aromatic heterocycles. The first kappa shape index (κ1) is 15.6. The summed E-state index contributed by atoms with van der Waals surface area (Å²) in [6.45, 7) is 1.92. The van der Waals surface area contributed by atoms with Gasteiger partial charge in [-0.05, 0) is 42.8 Å². The maximum absolute atomic E-state index is 12.3. The molecule has 0 saturated heterocycles. The molecule has 0 unspecified atom stereocenters. The second-order valence-electron chi connectivity index (χ2n) is 4.83. The number of carbonyl (C=O) groups excluding carboxylic acids is 1. The Labute approximate surface area is 129 Å². The fourth-order valence-corrected chi connectivity index (χ4v) is 2.09. The molecule has 0 fully saturated rings. The van der Waals surface area contributed by atoms with E-state index in [1.54, 1.807) is 30.3 Å². The molecule has 2 aromatic carbocycles. The zero-order valence-electron chi connectivity index (χ0n) is 12.8. The summed E-state index contributed by atoms with van der Waals surface area (Å²) in [5.41, 5.74) is 2.20. The van der Waals surface area contributed by atoms with Crippen LogP contribution < -0.4 is 9.47 Å². The molecule has 114 valence electrons. The summed E-state index contributed by atoms with van der Waals surface area (Å²) < 4.78 is 10.2. The van der Waals surface area contributed by atoms with Crippen molar-refractivity contribution >= 4 is 11.9 Å². The Balaban J connectivity index is 2.25. The predicted molar refractivity (Wildman–Crippen MR) is 85.8 cm³/mol. The molecule has 2 aromatic rings. The monoisotopic (exact) mass is 298 g/mol. The number of rotatable bonds is 5. The van der Waals surface area contributed by atoms with E-state index in [0.717, 1.165) is 5.56 Å². The molecule has 0 amide bonds. The van der Waals surface area contributed by atoms with Gasteiger partial charge in [0.05, 0.1) is 19.8 Å². The molecule has 0 atom stereocenters. The lowest BCUT2D eigenvalue weighted by Crippen LogP contribution is -1.99. The molecule has 0 aliphatic carbocycles. The number of methoxy groups -OCH3 is 2. The summed E-state index contributed by atoms with van der Waals surface area (Å²) in [5, 5.41) is 9.73. The molecule has 0 radical (unpaired) electrons. The van der Waals surface area contributed by atoms with E-state index in [-0.39, 0.29) is 11.5 Å². The van der Waals surface area contributed by atoms with Gasteiger partial charge in [-0.15, -0.1) is 0 Å². The summed E-state index contributed by atoms with van der Waals surface area (Å²) in [5.74, 6) is 0.808. The first-order valence-corrected chi connectivity index (χ1v) is 6.79. The number of ether oxygens (including phenoxy) is 2. The Bertz CT molecular complexity index is 717. The van der Waals surface area contributed by atoms with Crippen LogP contribution in [0.4, 0.5) is 0 Å². The summed E-state index contributed by atoms with van der Waals surface area (Å²) in [7, 11) is 3.02. The van der Waals surface area contributed by atoms with Crippen molar-refractivity contribution in [3.8, 4) is 17.2 Å². The third-order valence-corrected chi connectivity index (χ3v) is 3.25. The quantitative estimate of drug-likeness (QED) is 0.676. The fourth-order valence-electron chi connectivity index (χ4n) is 2.09. The van der Waals surface area contributed by atoms with E-state index in [9.17, 15) is 9.90 Å². The first-order valence-electron chi connectivity index (χ1n) is 6.79. The van der Waals surface area contributed by atoms with Gasteiger partial charge >= 0.3 is 0 Å². The second kappa shape index (κ2) is 6.80. The van der Waals surface area contributed by atoms with Crippen molar-refractivity contribution in [2.45, 2.75) is 6.92 Å². The maximum Gasteiger partial charge on any atom is 0.189 e. The van der Waals surface area contributed by atoms with E-state index in [2.05, 4.69) is 0 Å². The molecule has 0 heterocycles. The lowest BCUT2D eigenvalue weighted by Gasteiger charge is -2.06. The van der Waals surface area contributed by atoms with Crippen molar-refractivity contribution in [3.63, 3.8) is 0 Å². The van der Waals surface area contributed by atoms with Crippen LogP contribution in [0.1, 0.15) is 21.5 Å². The molecule has 22 heavy (non-hydrogen) atoms. The number of ketones is 1. The molecular weight excluding hydrogens is 280 g/mol. The highest BCUT2D eigenvalue weighted by Crippen LogP contribution is 2.27. The van der Waals surface area contributed by atoms with Crippen LogP contribution in [0.15, 0.2) is 42.5 Å². The van der Waals surface area contributed by atoms with Crippen LogP contribution in [0.2, 0.25) is 0 Å². The van der Waals surface area contributed by atoms with E-state index in [1.165, 1.54) is 26.4 Å². The third-order valence-electron chi connectivity index (χ3n) is 3.25. The topological polar surface area (TPSA) is 55.8 Å². The maximum atomic E-state index is 12.3. The van der Waals surface area contributed by atoms with Crippen molar-refractivity contribution < 1.29 is 19.4 Å². The normalized spacial score (nSPS) is 10.7. The molecule has 4 nitrogen and oxygen atoms in total. The highest BCUT2D eigenvalue weighted by atomic mass is 16.5. The number of phenols is 1. The van der Waals surface area contributed by atoms with Crippen molar-refractivity contribution in [3.05, 3.63) is 59.2 Å². The van der Waals surface area contributed by atoms with Crippen LogP contribution in [0, 0.1) is 6.92 Å². The minimum atomic E-state index is -0.157. The van der Waals surface area contributed by atoms with Crippen LogP contribution in [-0.2, 0) is 0 Å². The molecule has 0 aliphatic heterocycles. The summed E-state index contributed by atoms with van der Waals surface area (Å²) in [6.07, 6.45) is 3.10. The van der Waals surface area contributed by atoms with Gasteiger partial charge in [-0.3, -0.25) is 4.79 Å². The molecular formula is C18H18O4. The summed E-state index contributed by atoms with van der Waals surface area (Å²) >= 11 is 0. The Hall–Kier alpha value is -2.75. The molecule has 1 N–H and O–H groups in total. The number of phenolic OH excluding ortho intramolecular Hbond substituents is 1. The Kier molecular flexibility index (Phi) is 4.84. The van der Waals surface area contributed by atoms with Crippen molar-refractivity contribution in [1.82, 2.24) is 0 Å². The van der Waals surface area contributed by atoms with Gasteiger partial charge < -0.3 is 14.6 Å². The number of allylic oxidation sites excluding steroid dienone is 1.